The summed E-state index contributed by atoms with van der Waals surface area (Å²) in [4.78, 5) is 0. The molecule has 3 nitrogen and oxygen atoms in total. The van der Waals surface area contributed by atoms with Gasteiger partial charge in [0.25, 0.3) is 0 Å². The fourth-order valence-electron chi connectivity index (χ4n) is 7.19. The van der Waals surface area contributed by atoms with E-state index in [1.807, 2.05) is 36.4 Å². The van der Waals surface area contributed by atoms with Crippen molar-refractivity contribution in [2.24, 2.45) is 0 Å². The van der Waals surface area contributed by atoms with Crippen LogP contribution in [-0.2, 0) is 0 Å². The van der Waals surface area contributed by atoms with Crippen molar-refractivity contribution in [1.82, 2.24) is 9.13 Å². The number of fused-ring (bicyclic) bond motifs is 10. The van der Waals surface area contributed by atoms with E-state index in [-0.39, 0.29) is 12.1 Å². The number of nitrogens with zero attached hydrogens (tertiary/aromatic N) is 2. The highest BCUT2D eigenvalue weighted by Gasteiger charge is 2.21. The summed E-state index contributed by atoms with van der Waals surface area (Å²) < 4.78 is 29.8. The molecule has 0 spiro atoms. The number of furan rings is 1. The third-order valence-electron chi connectivity index (χ3n) is 9.13. The van der Waals surface area contributed by atoms with Gasteiger partial charge in [0, 0.05) is 49.8 Å². The van der Waals surface area contributed by atoms with Crippen molar-refractivity contribution in [2.75, 3.05) is 0 Å². The Morgan fingerprint density at radius 1 is 0.400 bits per heavy atom. The van der Waals surface area contributed by atoms with E-state index in [0.717, 1.165) is 88.1 Å². The Balaban J connectivity index is 1.34. The van der Waals surface area contributed by atoms with Gasteiger partial charge in [0.05, 0.1) is 24.8 Å². The van der Waals surface area contributed by atoms with Crippen molar-refractivity contribution in [2.45, 2.75) is 0 Å². The summed E-state index contributed by atoms with van der Waals surface area (Å²) in [5.74, 6) is 0. The van der Waals surface area contributed by atoms with E-state index < -0.39 is 0 Å². The van der Waals surface area contributed by atoms with Crippen molar-refractivity contribution >= 4 is 65.6 Å². The molecular formula is C42H26N2O. The highest BCUT2D eigenvalue weighted by Crippen LogP contribution is 2.43. The van der Waals surface area contributed by atoms with E-state index in [1.54, 1.807) is 0 Å². The van der Waals surface area contributed by atoms with Gasteiger partial charge in [0.15, 0.2) is 0 Å². The standard InChI is InChI=1S/C42H26N2O/c1-2-11-27(12-3-1)28-13-10-14-29(25-28)43-35-18-7-4-16-33(35)41-37(43)23-24-38-42(41)34-17-5-8-19-36(34)44(38)30-21-22-32-31-15-6-9-20-39(31)45-40(32)26-30/h1-26H/i23D,24D. The van der Waals surface area contributed by atoms with Gasteiger partial charge in [-0.3, -0.25) is 0 Å². The van der Waals surface area contributed by atoms with E-state index in [2.05, 4.69) is 118 Å². The molecule has 0 fully saturated rings. The molecular weight excluding hydrogens is 548 g/mol. The van der Waals surface area contributed by atoms with Crippen LogP contribution in [0, 0.1) is 0 Å². The molecule has 0 aliphatic rings. The summed E-state index contributed by atoms with van der Waals surface area (Å²) in [6, 6.07) is 50.3. The Labute approximate surface area is 261 Å². The van der Waals surface area contributed by atoms with Gasteiger partial charge in [-0.15, -0.1) is 0 Å². The van der Waals surface area contributed by atoms with Crippen LogP contribution in [0.15, 0.2) is 162 Å². The van der Waals surface area contributed by atoms with Crippen molar-refractivity contribution < 1.29 is 7.16 Å². The highest BCUT2D eigenvalue weighted by atomic mass is 16.3. The average molecular weight is 577 g/mol. The van der Waals surface area contributed by atoms with Crippen LogP contribution in [-0.4, -0.2) is 9.13 Å². The van der Waals surface area contributed by atoms with Crippen LogP contribution in [0.5, 0.6) is 0 Å². The van der Waals surface area contributed by atoms with E-state index in [4.69, 9.17) is 4.42 Å². The van der Waals surface area contributed by atoms with Crippen LogP contribution in [0.1, 0.15) is 2.74 Å². The van der Waals surface area contributed by atoms with Crippen molar-refractivity contribution in [3.05, 3.63) is 158 Å². The molecule has 10 aromatic rings. The SMILES string of the molecule is [2H]c1c([2H])c2c(c3ccccc3n2-c2ccc3c(c2)oc2ccccc23)c2c3ccccc3n(-c3cccc(-c4ccccc4)c3)c12. The predicted molar refractivity (Wildman–Crippen MR) is 188 cm³/mol. The molecule has 0 bridgehead atoms. The number of hydrogen-bond donors (Lipinski definition) is 0. The number of rotatable bonds is 3. The summed E-state index contributed by atoms with van der Waals surface area (Å²) >= 11 is 0. The second kappa shape index (κ2) is 9.22. The Morgan fingerprint density at radius 2 is 0.956 bits per heavy atom. The Bertz CT molecular complexity index is 2880. The molecule has 0 N–H and O–H groups in total. The lowest BCUT2D eigenvalue weighted by atomic mass is 10.0. The van der Waals surface area contributed by atoms with Gasteiger partial charge in [0.2, 0.25) is 0 Å². The topological polar surface area (TPSA) is 23.0 Å². The van der Waals surface area contributed by atoms with Crippen LogP contribution in [0.3, 0.4) is 0 Å². The number of hydrogen-bond acceptors (Lipinski definition) is 1. The van der Waals surface area contributed by atoms with E-state index in [0.29, 0.717) is 0 Å². The van der Waals surface area contributed by atoms with E-state index in [1.165, 1.54) is 0 Å². The molecule has 0 amide bonds. The molecule has 210 valence electrons. The molecule has 0 aliphatic carbocycles. The van der Waals surface area contributed by atoms with Gasteiger partial charge >= 0.3 is 0 Å². The monoisotopic (exact) mass is 576 g/mol. The minimum Gasteiger partial charge on any atom is -0.456 e. The first-order valence-corrected chi connectivity index (χ1v) is 15.2. The second-order valence-corrected chi connectivity index (χ2v) is 11.6. The van der Waals surface area contributed by atoms with Crippen molar-refractivity contribution in [3.8, 4) is 22.5 Å². The number of aromatic nitrogens is 2. The van der Waals surface area contributed by atoms with Crippen LogP contribution in [0.2, 0.25) is 0 Å². The third-order valence-corrected chi connectivity index (χ3v) is 9.13. The van der Waals surface area contributed by atoms with Gasteiger partial charge in [-0.1, -0.05) is 97.1 Å². The molecule has 0 unspecified atom stereocenters. The summed E-state index contributed by atoms with van der Waals surface area (Å²) in [7, 11) is 0. The minimum absolute atomic E-state index is 0.191. The lowest BCUT2D eigenvalue weighted by Crippen LogP contribution is -1.95. The molecule has 3 heteroatoms. The molecule has 10 rings (SSSR count). The van der Waals surface area contributed by atoms with Crippen LogP contribution >= 0.6 is 0 Å². The maximum Gasteiger partial charge on any atom is 0.137 e. The zero-order valence-corrected chi connectivity index (χ0v) is 24.2. The molecule has 0 saturated carbocycles. The van der Waals surface area contributed by atoms with Crippen molar-refractivity contribution in [3.63, 3.8) is 0 Å². The van der Waals surface area contributed by atoms with Gasteiger partial charge in [-0.2, -0.15) is 0 Å². The number of para-hydroxylation sites is 3. The fourth-order valence-corrected chi connectivity index (χ4v) is 7.19. The molecule has 0 saturated heterocycles. The first-order chi connectivity index (χ1) is 23.2. The largest absolute Gasteiger partial charge is 0.456 e. The molecule has 45 heavy (non-hydrogen) atoms. The minimum atomic E-state index is 0.191. The first-order valence-electron chi connectivity index (χ1n) is 16.2. The van der Waals surface area contributed by atoms with E-state index >= 15 is 0 Å². The Kier molecular flexibility index (Phi) is 4.60. The Hall–Kier alpha value is -6.06. The average Bonchev–Trinajstić information content (AvgIpc) is 3.78. The van der Waals surface area contributed by atoms with Crippen molar-refractivity contribution in [1.29, 1.82) is 0 Å². The normalized spacial score (nSPS) is 12.6. The maximum atomic E-state index is 9.61. The van der Waals surface area contributed by atoms with Gasteiger partial charge < -0.3 is 13.6 Å². The molecule has 0 radical (unpaired) electrons. The van der Waals surface area contributed by atoms with Crippen LogP contribution in [0.4, 0.5) is 0 Å². The maximum absolute atomic E-state index is 9.61. The Morgan fingerprint density at radius 3 is 1.67 bits per heavy atom. The summed E-state index contributed by atoms with van der Waals surface area (Å²) in [6.45, 7) is 0. The van der Waals surface area contributed by atoms with Gasteiger partial charge in [-0.25, -0.2) is 0 Å². The number of benzene rings is 7. The van der Waals surface area contributed by atoms with Crippen LogP contribution in [0.25, 0.3) is 88.1 Å². The second-order valence-electron chi connectivity index (χ2n) is 11.6. The van der Waals surface area contributed by atoms with Gasteiger partial charge in [0.1, 0.15) is 11.2 Å². The zero-order valence-electron chi connectivity index (χ0n) is 26.2. The summed E-state index contributed by atoms with van der Waals surface area (Å²) in [5, 5.41) is 6.21. The molecule has 3 heterocycles. The zero-order chi connectivity index (χ0) is 31.2. The smallest absolute Gasteiger partial charge is 0.137 e. The molecule has 0 atom stereocenters. The summed E-state index contributed by atoms with van der Waals surface area (Å²) in [6.07, 6.45) is 0. The molecule has 0 aliphatic heterocycles. The first kappa shape index (κ1) is 22.5. The lowest BCUT2D eigenvalue weighted by molar-refractivity contribution is 0.668. The van der Waals surface area contributed by atoms with E-state index in [9.17, 15) is 2.74 Å². The fraction of sp³-hybridized carbons (Fsp3) is 0. The molecule has 7 aromatic carbocycles. The quantitative estimate of drug-likeness (QED) is 0.205. The molecule has 3 aromatic heterocycles. The van der Waals surface area contributed by atoms with Gasteiger partial charge in [-0.05, 0) is 65.7 Å². The predicted octanol–water partition coefficient (Wildman–Crippen LogP) is 11.4. The lowest BCUT2D eigenvalue weighted by Gasteiger charge is -2.11. The van der Waals surface area contributed by atoms with Crippen LogP contribution < -0.4 is 0 Å². The highest BCUT2D eigenvalue weighted by molar-refractivity contribution is 6.29. The summed E-state index contributed by atoms with van der Waals surface area (Å²) in [5.41, 5.74) is 9.20. The third kappa shape index (κ3) is 3.46.